The molecule has 4 nitrogen and oxygen atoms in total. The molecule has 3 atom stereocenters. The SMILES string of the molecule is C[C@@H]1CN(C[C@@H](O)COC2CCCCC2)C[C@@H](C)O1. The summed E-state index contributed by atoms with van der Waals surface area (Å²) in [5.41, 5.74) is 0. The van der Waals surface area contributed by atoms with Crippen LogP contribution in [0, 0.1) is 0 Å². The zero-order chi connectivity index (χ0) is 13.7. The number of hydrogen-bond donors (Lipinski definition) is 1. The normalized spacial score (nSPS) is 32.4. The van der Waals surface area contributed by atoms with Gasteiger partial charge in [-0.3, -0.25) is 4.90 Å². The lowest BCUT2D eigenvalue weighted by atomic mass is 9.98. The minimum Gasteiger partial charge on any atom is -0.389 e. The number of rotatable bonds is 5. The van der Waals surface area contributed by atoms with E-state index >= 15 is 0 Å². The highest BCUT2D eigenvalue weighted by atomic mass is 16.5. The van der Waals surface area contributed by atoms with E-state index in [9.17, 15) is 5.11 Å². The van der Waals surface area contributed by atoms with Crippen molar-refractivity contribution in [1.82, 2.24) is 4.90 Å². The smallest absolute Gasteiger partial charge is 0.0900 e. The van der Waals surface area contributed by atoms with E-state index < -0.39 is 0 Å². The molecule has 2 rings (SSSR count). The van der Waals surface area contributed by atoms with Gasteiger partial charge in [-0.05, 0) is 26.7 Å². The Morgan fingerprint density at radius 2 is 1.79 bits per heavy atom. The van der Waals surface area contributed by atoms with Crippen molar-refractivity contribution < 1.29 is 14.6 Å². The van der Waals surface area contributed by atoms with Gasteiger partial charge < -0.3 is 14.6 Å². The fourth-order valence-corrected chi connectivity index (χ4v) is 3.26. The number of ether oxygens (including phenoxy) is 2. The van der Waals surface area contributed by atoms with Crippen LogP contribution in [-0.4, -0.2) is 60.7 Å². The van der Waals surface area contributed by atoms with E-state index in [4.69, 9.17) is 9.47 Å². The Balaban J connectivity index is 1.64. The molecule has 4 heteroatoms. The van der Waals surface area contributed by atoms with Crippen molar-refractivity contribution in [3.05, 3.63) is 0 Å². The minimum atomic E-state index is -0.376. The molecule has 0 aromatic carbocycles. The number of aliphatic hydroxyl groups is 1. The monoisotopic (exact) mass is 271 g/mol. The topological polar surface area (TPSA) is 41.9 Å². The third kappa shape index (κ3) is 5.38. The summed E-state index contributed by atoms with van der Waals surface area (Å²) in [5.74, 6) is 0. The number of nitrogens with zero attached hydrogens (tertiary/aromatic N) is 1. The fraction of sp³-hybridized carbons (Fsp3) is 1.00. The van der Waals surface area contributed by atoms with E-state index in [1.165, 1.54) is 32.1 Å². The zero-order valence-corrected chi connectivity index (χ0v) is 12.4. The molecule has 1 aliphatic carbocycles. The molecule has 0 aromatic rings. The van der Waals surface area contributed by atoms with Crippen LogP contribution in [-0.2, 0) is 9.47 Å². The van der Waals surface area contributed by atoms with Crippen molar-refractivity contribution in [2.24, 2.45) is 0 Å². The summed E-state index contributed by atoms with van der Waals surface area (Å²) in [6, 6.07) is 0. The van der Waals surface area contributed by atoms with Gasteiger partial charge in [-0.25, -0.2) is 0 Å². The molecule has 1 heterocycles. The first kappa shape index (κ1) is 15.2. The molecule has 1 saturated heterocycles. The number of aliphatic hydroxyl groups excluding tert-OH is 1. The second-order valence-electron chi connectivity index (χ2n) is 6.22. The van der Waals surface area contributed by atoms with E-state index in [0.717, 1.165) is 13.1 Å². The van der Waals surface area contributed by atoms with Gasteiger partial charge in [0.05, 0.1) is 31.0 Å². The molecule has 0 spiro atoms. The molecule has 0 radical (unpaired) electrons. The maximum absolute atomic E-state index is 10.1. The molecule has 112 valence electrons. The highest BCUT2D eigenvalue weighted by Crippen LogP contribution is 2.20. The third-order valence-electron chi connectivity index (χ3n) is 4.04. The Morgan fingerprint density at radius 3 is 2.42 bits per heavy atom. The lowest BCUT2D eigenvalue weighted by molar-refractivity contribution is -0.0873. The fourth-order valence-electron chi connectivity index (χ4n) is 3.26. The molecule has 2 aliphatic rings. The van der Waals surface area contributed by atoms with Crippen LogP contribution < -0.4 is 0 Å². The van der Waals surface area contributed by atoms with Gasteiger partial charge in [-0.1, -0.05) is 19.3 Å². The van der Waals surface area contributed by atoms with Crippen LogP contribution in [0.15, 0.2) is 0 Å². The minimum absolute atomic E-state index is 0.259. The Labute approximate surface area is 117 Å². The van der Waals surface area contributed by atoms with Gasteiger partial charge in [-0.2, -0.15) is 0 Å². The van der Waals surface area contributed by atoms with Crippen molar-refractivity contribution in [3.63, 3.8) is 0 Å². The molecule has 19 heavy (non-hydrogen) atoms. The maximum atomic E-state index is 10.1. The zero-order valence-electron chi connectivity index (χ0n) is 12.4. The van der Waals surface area contributed by atoms with E-state index in [1.54, 1.807) is 0 Å². The van der Waals surface area contributed by atoms with Crippen LogP contribution in [0.1, 0.15) is 46.0 Å². The summed E-state index contributed by atoms with van der Waals surface area (Å²) in [4.78, 5) is 2.29. The Kier molecular flexibility index (Phi) is 6.07. The third-order valence-corrected chi connectivity index (χ3v) is 4.04. The summed E-state index contributed by atoms with van der Waals surface area (Å²) in [6.07, 6.45) is 6.75. The summed E-state index contributed by atoms with van der Waals surface area (Å²) >= 11 is 0. The predicted octanol–water partition coefficient (Wildman–Crippen LogP) is 1.81. The van der Waals surface area contributed by atoms with E-state index in [0.29, 0.717) is 19.3 Å². The van der Waals surface area contributed by atoms with Crippen LogP contribution in [0.4, 0.5) is 0 Å². The van der Waals surface area contributed by atoms with Crippen molar-refractivity contribution in [2.45, 2.75) is 70.4 Å². The van der Waals surface area contributed by atoms with Gasteiger partial charge in [0, 0.05) is 19.6 Å². The highest BCUT2D eigenvalue weighted by Gasteiger charge is 2.24. The van der Waals surface area contributed by atoms with Gasteiger partial charge >= 0.3 is 0 Å². The largest absolute Gasteiger partial charge is 0.389 e. The van der Waals surface area contributed by atoms with E-state index in [1.807, 2.05) is 0 Å². The quantitative estimate of drug-likeness (QED) is 0.828. The molecule has 1 saturated carbocycles. The lowest BCUT2D eigenvalue weighted by Gasteiger charge is -2.36. The van der Waals surface area contributed by atoms with Crippen LogP contribution in [0.2, 0.25) is 0 Å². The first-order valence-corrected chi connectivity index (χ1v) is 7.81. The van der Waals surface area contributed by atoms with Gasteiger partial charge in [0.15, 0.2) is 0 Å². The van der Waals surface area contributed by atoms with E-state index in [2.05, 4.69) is 18.7 Å². The Hall–Kier alpha value is -0.160. The second kappa shape index (κ2) is 7.58. The Bertz CT molecular complexity index is 246. The lowest BCUT2D eigenvalue weighted by Crippen LogP contribution is -2.48. The molecule has 0 unspecified atom stereocenters. The molecular formula is C15H29NO3. The first-order chi connectivity index (χ1) is 9.13. The van der Waals surface area contributed by atoms with Crippen LogP contribution >= 0.6 is 0 Å². The number of β-amino-alcohol motifs (C(OH)–C–C–N with tert-alkyl or cyclic N) is 1. The van der Waals surface area contributed by atoms with Crippen LogP contribution in [0.25, 0.3) is 0 Å². The average molecular weight is 271 g/mol. The van der Waals surface area contributed by atoms with Crippen LogP contribution in [0.5, 0.6) is 0 Å². The molecule has 1 aliphatic heterocycles. The van der Waals surface area contributed by atoms with Crippen LogP contribution in [0.3, 0.4) is 0 Å². The molecule has 0 amide bonds. The molecule has 2 fully saturated rings. The standard InChI is InChI=1S/C15H29NO3/c1-12-8-16(9-13(2)19-12)10-14(17)11-18-15-6-4-3-5-7-15/h12-15,17H,3-11H2,1-2H3/t12-,13-,14-/m1/s1. The number of morpholine rings is 1. The predicted molar refractivity (Wildman–Crippen MR) is 75.3 cm³/mol. The van der Waals surface area contributed by atoms with E-state index in [-0.39, 0.29) is 18.3 Å². The molecule has 0 bridgehead atoms. The summed E-state index contributed by atoms with van der Waals surface area (Å²) in [5, 5.41) is 10.1. The van der Waals surface area contributed by atoms with Crippen molar-refractivity contribution >= 4 is 0 Å². The number of hydrogen-bond acceptors (Lipinski definition) is 4. The molecular weight excluding hydrogens is 242 g/mol. The summed E-state index contributed by atoms with van der Waals surface area (Å²) in [7, 11) is 0. The summed E-state index contributed by atoms with van der Waals surface area (Å²) < 4.78 is 11.5. The maximum Gasteiger partial charge on any atom is 0.0900 e. The van der Waals surface area contributed by atoms with Gasteiger partial charge in [0.2, 0.25) is 0 Å². The highest BCUT2D eigenvalue weighted by molar-refractivity contribution is 4.75. The van der Waals surface area contributed by atoms with Crippen molar-refractivity contribution in [1.29, 1.82) is 0 Å². The Morgan fingerprint density at radius 1 is 1.16 bits per heavy atom. The first-order valence-electron chi connectivity index (χ1n) is 7.81. The van der Waals surface area contributed by atoms with Gasteiger partial charge in [0.1, 0.15) is 0 Å². The average Bonchev–Trinajstić information content (AvgIpc) is 2.36. The van der Waals surface area contributed by atoms with Crippen molar-refractivity contribution in [3.8, 4) is 0 Å². The van der Waals surface area contributed by atoms with Gasteiger partial charge in [0.25, 0.3) is 0 Å². The molecule has 0 aromatic heterocycles. The summed E-state index contributed by atoms with van der Waals surface area (Å²) in [6.45, 7) is 7.17. The van der Waals surface area contributed by atoms with Crippen molar-refractivity contribution in [2.75, 3.05) is 26.2 Å². The second-order valence-corrected chi connectivity index (χ2v) is 6.22. The van der Waals surface area contributed by atoms with Gasteiger partial charge in [-0.15, -0.1) is 0 Å². The molecule has 1 N–H and O–H groups in total.